The van der Waals surface area contributed by atoms with E-state index in [0.29, 0.717) is 23.5 Å². The van der Waals surface area contributed by atoms with Crippen LogP contribution in [-0.4, -0.2) is 37.0 Å². The summed E-state index contributed by atoms with van der Waals surface area (Å²) in [6.07, 6.45) is 0.951. The second-order valence-electron chi connectivity index (χ2n) is 6.61. The van der Waals surface area contributed by atoms with Crippen molar-refractivity contribution in [3.05, 3.63) is 58.3 Å². The number of H-pyrrole nitrogens is 1. The van der Waals surface area contributed by atoms with Crippen molar-refractivity contribution in [1.82, 2.24) is 25.3 Å². The maximum absolute atomic E-state index is 14.0. The van der Waals surface area contributed by atoms with Crippen LogP contribution in [0.2, 0.25) is 5.02 Å². The average molecular weight is 417 g/mol. The molecule has 0 aliphatic heterocycles. The van der Waals surface area contributed by atoms with Gasteiger partial charge in [-0.1, -0.05) is 11.6 Å². The Hall–Kier alpha value is -3.22. The summed E-state index contributed by atoms with van der Waals surface area (Å²) in [6, 6.07) is 7.31. The summed E-state index contributed by atoms with van der Waals surface area (Å²) in [5.41, 5.74) is 1.36. The van der Waals surface area contributed by atoms with Crippen molar-refractivity contribution in [2.45, 2.75) is 32.5 Å². The predicted octanol–water partition coefficient (Wildman–Crippen LogP) is 2.81. The van der Waals surface area contributed by atoms with Crippen LogP contribution in [0.4, 0.5) is 4.39 Å². The van der Waals surface area contributed by atoms with E-state index in [1.807, 2.05) is 0 Å². The minimum absolute atomic E-state index is 0.0215. The van der Waals surface area contributed by atoms with E-state index in [2.05, 4.69) is 20.6 Å². The van der Waals surface area contributed by atoms with Crippen LogP contribution >= 0.6 is 11.6 Å². The number of aromatic amines is 1. The summed E-state index contributed by atoms with van der Waals surface area (Å²) in [7, 11) is 0. The van der Waals surface area contributed by atoms with Crippen molar-refractivity contribution >= 4 is 17.5 Å². The van der Waals surface area contributed by atoms with Gasteiger partial charge in [-0.15, -0.1) is 0 Å². The van der Waals surface area contributed by atoms with Crippen molar-refractivity contribution in [3.63, 3.8) is 0 Å². The molecule has 0 fully saturated rings. The zero-order chi connectivity index (χ0) is 21.1. The van der Waals surface area contributed by atoms with Crippen LogP contribution in [0, 0.1) is 17.1 Å². The van der Waals surface area contributed by atoms with Gasteiger partial charge in [0.15, 0.2) is 0 Å². The quantitative estimate of drug-likeness (QED) is 0.570. The smallest absolute Gasteiger partial charge is 0.272 e. The third kappa shape index (κ3) is 4.62. The number of amides is 1. The highest BCUT2D eigenvalue weighted by molar-refractivity contribution is 6.32. The number of rotatable bonds is 6. The van der Waals surface area contributed by atoms with E-state index in [1.54, 1.807) is 36.9 Å². The van der Waals surface area contributed by atoms with E-state index >= 15 is 0 Å². The fourth-order valence-corrected chi connectivity index (χ4v) is 2.99. The van der Waals surface area contributed by atoms with E-state index in [1.165, 1.54) is 18.2 Å². The molecule has 0 saturated carbocycles. The number of aliphatic hydroxyl groups excluding tert-OH is 1. The van der Waals surface area contributed by atoms with Crippen LogP contribution in [0.3, 0.4) is 0 Å². The molecule has 0 spiro atoms. The minimum atomic E-state index is -0.746. The van der Waals surface area contributed by atoms with Gasteiger partial charge >= 0.3 is 0 Å². The summed E-state index contributed by atoms with van der Waals surface area (Å²) in [5.74, 6) is -1.09. The Kier molecular flexibility index (Phi) is 5.96. The monoisotopic (exact) mass is 416 g/mol. The fraction of sp³-hybridized carbons (Fsp3) is 0.263. The molecule has 1 amide bonds. The number of carbonyl (C=O) groups is 1. The van der Waals surface area contributed by atoms with E-state index in [9.17, 15) is 14.3 Å². The molecule has 2 heterocycles. The summed E-state index contributed by atoms with van der Waals surface area (Å²) >= 11 is 5.94. The molecule has 2 atom stereocenters. The van der Waals surface area contributed by atoms with Crippen LogP contribution in [0.1, 0.15) is 41.7 Å². The maximum atomic E-state index is 14.0. The normalized spacial score (nSPS) is 13.0. The standard InChI is InChI=1S/C19H18ClFN6O2/c1-10(23-19(29)18-7-17(11(2)28)24-25-18)9-27-4-3-16(26-27)12-5-14(20)13(8-22)15(21)6-12/h3-7,10-11,28H,9H2,1-2H3,(H,23,29)(H,24,25)/t10?,11-/m0/s1. The van der Waals surface area contributed by atoms with Gasteiger partial charge in [0.2, 0.25) is 0 Å². The summed E-state index contributed by atoms with van der Waals surface area (Å²) in [4.78, 5) is 12.3. The number of hydrogen-bond acceptors (Lipinski definition) is 5. The van der Waals surface area contributed by atoms with Gasteiger partial charge in [-0.05, 0) is 38.1 Å². The first-order valence-corrected chi connectivity index (χ1v) is 9.13. The van der Waals surface area contributed by atoms with Crippen LogP contribution in [-0.2, 0) is 6.54 Å². The number of halogens is 2. The van der Waals surface area contributed by atoms with E-state index in [0.717, 1.165) is 0 Å². The van der Waals surface area contributed by atoms with Crippen molar-refractivity contribution < 1.29 is 14.3 Å². The Balaban J connectivity index is 1.66. The van der Waals surface area contributed by atoms with E-state index in [4.69, 9.17) is 16.9 Å². The highest BCUT2D eigenvalue weighted by Crippen LogP contribution is 2.26. The molecule has 0 aliphatic rings. The van der Waals surface area contributed by atoms with Crippen LogP contribution in [0.15, 0.2) is 30.5 Å². The highest BCUT2D eigenvalue weighted by Gasteiger charge is 2.16. The predicted molar refractivity (Wildman–Crippen MR) is 103 cm³/mol. The number of benzene rings is 1. The van der Waals surface area contributed by atoms with Crippen molar-refractivity contribution in [2.75, 3.05) is 0 Å². The molecule has 8 nitrogen and oxygen atoms in total. The molecule has 3 N–H and O–H groups in total. The molecule has 1 unspecified atom stereocenters. The van der Waals surface area contributed by atoms with Crippen LogP contribution in [0.25, 0.3) is 11.3 Å². The molecule has 29 heavy (non-hydrogen) atoms. The first-order valence-electron chi connectivity index (χ1n) is 8.75. The Morgan fingerprint density at radius 3 is 2.83 bits per heavy atom. The Morgan fingerprint density at radius 2 is 2.21 bits per heavy atom. The molecule has 3 rings (SSSR count). The van der Waals surface area contributed by atoms with Gasteiger partial charge in [-0.25, -0.2) is 4.39 Å². The molecular formula is C19H18ClFN6O2. The largest absolute Gasteiger partial charge is 0.387 e. The molecule has 1 aromatic carbocycles. The molecule has 0 aliphatic carbocycles. The number of nitrogens with one attached hydrogen (secondary N) is 2. The molecule has 0 bridgehead atoms. The summed E-state index contributed by atoms with van der Waals surface area (Å²) < 4.78 is 15.6. The molecule has 150 valence electrons. The third-order valence-corrected chi connectivity index (χ3v) is 4.51. The Labute approximate surface area is 170 Å². The zero-order valence-corrected chi connectivity index (χ0v) is 16.4. The number of nitrogens with zero attached hydrogens (tertiary/aromatic N) is 4. The molecule has 10 heteroatoms. The van der Waals surface area contributed by atoms with Gasteiger partial charge in [-0.2, -0.15) is 15.5 Å². The van der Waals surface area contributed by atoms with Gasteiger partial charge in [0.1, 0.15) is 23.1 Å². The zero-order valence-electron chi connectivity index (χ0n) is 15.6. The van der Waals surface area contributed by atoms with Crippen LogP contribution < -0.4 is 5.32 Å². The first kappa shape index (κ1) is 20.5. The van der Waals surface area contributed by atoms with Gasteiger partial charge < -0.3 is 10.4 Å². The fourth-order valence-electron chi connectivity index (χ4n) is 2.74. The molecule has 2 aromatic heterocycles. The summed E-state index contributed by atoms with van der Waals surface area (Å²) in [5, 5.41) is 32.1. The highest BCUT2D eigenvalue weighted by atomic mass is 35.5. The molecule has 0 saturated heterocycles. The van der Waals surface area contributed by atoms with Gasteiger partial charge in [0, 0.05) is 17.8 Å². The Morgan fingerprint density at radius 1 is 1.45 bits per heavy atom. The topological polar surface area (TPSA) is 120 Å². The molecule has 0 radical (unpaired) electrons. The molecule has 3 aromatic rings. The first-order chi connectivity index (χ1) is 13.8. The lowest BCUT2D eigenvalue weighted by Crippen LogP contribution is -2.36. The second kappa shape index (κ2) is 8.43. The maximum Gasteiger partial charge on any atom is 0.272 e. The summed E-state index contributed by atoms with van der Waals surface area (Å²) in [6.45, 7) is 3.74. The van der Waals surface area contributed by atoms with Gasteiger partial charge in [0.05, 0.1) is 29.1 Å². The molecular weight excluding hydrogens is 399 g/mol. The number of carbonyl (C=O) groups excluding carboxylic acids is 1. The van der Waals surface area contributed by atoms with E-state index < -0.39 is 11.9 Å². The lowest BCUT2D eigenvalue weighted by Gasteiger charge is -2.13. The number of hydrogen-bond donors (Lipinski definition) is 3. The van der Waals surface area contributed by atoms with Gasteiger partial charge in [-0.3, -0.25) is 14.6 Å². The Bertz CT molecular complexity index is 1060. The number of nitriles is 1. The minimum Gasteiger partial charge on any atom is -0.387 e. The van der Waals surface area contributed by atoms with Crippen LogP contribution in [0.5, 0.6) is 0 Å². The number of aliphatic hydroxyl groups is 1. The average Bonchev–Trinajstić information content (AvgIpc) is 3.31. The second-order valence-corrected chi connectivity index (χ2v) is 7.02. The van der Waals surface area contributed by atoms with Crippen molar-refractivity contribution in [2.24, 2.45) is 0 Å². The third-order valence-electron chi connectivity index (χ3n) is 4.21. The lowest BCUT2D eigenvalue weighted by atomic mass is 10.1. The van der Waals surface area contributed by atoms with E-state index in [-0.39, 0.29) is 28.2 Å². The van der Waals surface area contributed by atoms with Gasteiger partial charge in [0.25, 0.3) is 5.91 Å². The van der Waals surface area contributed by atoms with Crippen molar-refractivity contribution in [3.8, 4) is 17.3 Å². The SMILES string of the molecule is CC(Cn1ccc(-c2cc(F)c(C#N)c(Cl)c2)n1)NC(=O)c1cc([C@H](C)O)[nH]n1. The van der Waals surface area contributed by atoms with Crippen molar-refractivity contribution in [1.29, 1.82) is 5.26 Å². The lowest BCUT2D eigenvalue weighted by molar-refractivity contribution is 0.0931. The number of aromatic nitrogens is 4.